The molecule has 0 saturated heterocycles. The van der Waals surface area contributed by atoms with Gasteiger partial charge in [0.1, 0.15) is 22.3 Å². The first-order chi connectivity index (χ1) is 9.53. The molecular weight excluding hydrogens is 283 g/mol. The normalized spacial score (nSPS) is 11.2. The van der Waals surface area contributed by atoms with E-state index in [1.54, 1.807) is 13.2 Å². The monoisotopic (exact) mass is 300 g/mol. The lowest BCUT2D eigenvalue weighted by atomic mass is 10.2. The molecule has 0 aromatic heterocycles. The van der Waals surface area contributed by atoms with Crippen molar-refractivity contribution in [3.05, 3.63) is 29.6 Å². The van der Waals surface area contributed by atoms with Crippen LogP contribution in [0.1, 0.15) is 24.8 Å². The highest BCUT2D eigenvalue weighted by atomic mass is 32.2. The number of nitriles is 1. The number of hydrogen-bond donors (Lipinski definition) is 1. The predicted molar refractivity (Wildman–Crippen MR) is 72.0 cm³/mol. The fourth-order valence-electron chi connectivity index (χ4n) is 1.67. The molecule has 0 bridgehead atoms. The Kier molecular flexibility index (Phi) is 6.58. The number of hydrogen-bond acceptors (Lipinski definition) is 4. The van der Waals surface area contributed by atoms with Gasteiger partial charge in [0.25, 0.3) is 0 Å². The van der Waals surface area contributed by atoms with Gasteiger partial charge in [0.2, 0.25) is 10.0 Å². The zero-order valence-corrected chi connectivity index (χ0v) is 12.0. The fraction of sp³-hybridized carbons (Fsp3) is 0.462. The molecule has 0 heterocycles. The molecule has 0 amide bonds. The maximum atomic E-state index is 13.4. The minimum Gasteiger partial charge on any atom is -0.385 e. The van der Waals surface area contributed by atoms with Gasteiger partial charge < -0.3 is 4.74 Å². The molecular formula is C13H17FN2O3S. The van der Waals surface area contributed by atoms with E-state index >= 15 is 0 Å². The number of nitrogens with one attached hydrogen (secondary N) is 1. The average Bonchev–Trinajstić information content (AvgIpc) is 2.42. The number of unbranched alkanes of at least 4 members (excludes halogenated alkanes) is 2. The third kappa shape index (κ3) is 4.56. The lowest BCUT2D eigenvalue weighted by Crippen LogP contribution is -2.25. The van der Waals surface area contributed by atoms with Crippen LogP contribution in [0, 0.1) is 17.1 Å². The van der Waals surface area contributed by atoms with Gasteiger partial charge in [0.15, 0.2) is 0 Å². The lowest BCUT2D eigenvalue weighted by molar-refractivity contribution is 0.192. The third-order valence-electron chi connectivity index (χ3n) is 2.69. The van der Waals surface area contributed by atoms with Crippen LogP contribution in [-0.2, 0) is 14.8 Å². The molecule has 1 N–H and O–H groups in total. The standard InChI is InChI=1S/C13H17FN2O3S/c1-19-9-4-2-3-8-16-20(17,18)13-7-5-6-12(14)11(13)10-15/h5-7,16H,2-4,8-9H2,1H3. The highest BCUT2D eigenvalue weighted by molar-refractivity contribution is 7.89. The Hall–Kier alpha value is -1.49. The number of methoxy groups -OCH3 is 1. The molecule has 0 aliphatic rings. The summed E-state index contributed by atoms with van der Waals surface area (Å²) in [4.78, 5) is -0.322. The van der Waals surface area contributed by atoms with Crippen LogP contribution >= 0.6 is 0 Å². The van der Waals surface area contributed by atoms with Gasteiger partial charge in [-0.25, -0.2) is 17.5 Å². The Bertz CT molecular complexity index is 582. The molecule has 20 heavy (non-hydrogen) atoms. The molecule has 0 atom stereocenters. The largest absolute Gasteiger partial charge is 0.385 e. The van der Waals surface area contributed by atoms with Crippen molar-refractivity contribution in [3.63, 3.8) is 0 Å². The summed E-state index contributed by atoms with van der Waals surface area (Å²) in [5.74, 6) is -0.838. The summed E-state index contributed by atoms with van der Waals surface area (Å²) in [5.41, 5.74) is -0.459. The average molecular weight is 300 g/mol. The molecule has 0 fully saturated rings. The summed E-state index contributed by atoms with van der Waals surface area (Å²) >= 11 is 0. The molecule has 1 rings (SSSR count). The van der Waals surface area contributed by atoms with E-state index in [1.165, 1.54) is 12.1 Å². The van der Waals surface area contributed by atoms with Crippen molar-refractivity contribution >= 4 is 10.0 Å². The van der Waals surface area contributed by atoms with Gasteiger partial charge in [-0.3, -0.25) is 0 Å². The number of rotatable bonds is 8. The lowest BCUT2D eigenvalue weighted by Gasteiger charge is -2.08. The van der Waals surface area contributed by atoms with Crippen LogP contribution in [0.15, 0.2) is 23.1 Å². The van der Waals surface area contributed by atoms with Gasteiger partial charge in [0, 0.05) is 20.3 Å². The van der Waals surface area contributed by atoms with Crippen LogP contribution in [0.25, 0.3) is 0 Å². The zero-order chi connectivity index (χ0) is 15.0. The van der Waals surface area contributed by atoms with Crippen molar-refractivity contribution < 1.29 is 17.5 Å². The van der Waals surface area contributed by atoms with Gasteiger partial charge in [-0.15, -0.1) is 0 Å². The van der Waals surface area contributed by atoms with E-state index in [1.807, 2.05) is 0 Å². The smallest absolute Gasteiger partial charge is 0.241 e. The van der Waals surface area contributed by atoms with Crippen LogP contribution < -0.4 is 4.72 Å². The third-order valence-corrected chi connectivity index (χ3v) is 4.20. The van der Waals surface area contributed by atoms with Crippen LogP contribution in [0.5, 0.6) is 0 Å². The molecule has 0 radical (unpaired) electrons. The molecule has 110 valence electrons. The summed E-state index contributed by atoms with van der Waals surface area (Å²) in [7, 11) is -2.25. The summed E-state index contributed by atoms with van der Waals surface area (Å²) in [6.07, 6.45) is 2.33. The molecule has 0 aliphatic heterocycles. The highest BCUT2D eigenvalue weighted by Crippen LogP contribution is 2.17. The Morgan fingerprint density at radius 2 is 2.10 bits per heavy atom. The Morgan fingerprint density at radius 1 is 1.35 bits per heavy atom. The van der Waals surface area contributed by atoms with Gasteiger partial charge >= 0.3 is 0 Å². The van der Waals surface area contributed by atoms with E-state index in [4.69, 9.17) is 10.00 Å². The van der Waals surface area contributed by atoms with Crippen molar-refractivity contribution in [2.45, 2.75) is 24.2 Å². The van der Waals surface area contributed by atoms with Crippen LogP contribution in [-0.4, -0.2) is 28.7 Å². The molecule has 7 heteroatoms. The van der Waals surface area contributed by atoms with Gasteiger partial charge in [-0.1, -0.05) is 6.07 Å². The minimum absolute atomic E-state index is 0.243. The van der Waals surface area contributed by atoms with E-state index in [0.717, 1.165) is 18.9 Å². The second-order valence-corrected chi connectivity index (χ2v) is 5.91. The summed E-state index contributed by atoms with van der Waals surface area (Å²) in [5, 5.41) is 8.84. The number of benzene rings is 1. The number of halogens is 1. The molecule has 0 spiro atoms. The SMILES string of the molecule is COCCCCCNS(=O)(=O)c1cccc(F)c1C#N. The first kappa shape index (κ1) is 16.6. The Labute approximate surface area is 118 Å². The van der Waals surface area contributed by atoms with E-state index in [-0.39, 0.29) is 11.4 Å². The van der Waals surface area contributed by atoms with E-state index in [2.05, 4.69) is 4.72 Å². The first-order valence-electron chi connectivity index (χ1n) is 6.20. The second kappa shape index (κ2) is 7.94. The van der Waals surface area contributed by atoms with Crippen LogP contribution in [0.2, 0.25) is 0 Å². The Morgan fingerprint density at radius 3 is 2.75 bits per heavy atom. The quantitative estimate of drug-likeness (QED) is 0.742. The minimum atomic E-state index is -3.86. The second-order valence-electron chi connectivity index (χ2n) is 4.18. The molecule has 0 unspecified atom stereocenters. The number of ether oxygens (including phenoxy) is 1. The van der Waals surface area contributed by atoms with Gasteiger partial charge in [-0.05, 0) is 31.4 Å². The summed E-state index contributed by atoms with van der Waals surface area (Å²) in [6.45, 7) is 0.878. The van der Waals surface area contributed by atoms with Crippen molar-refractivity contribution in [2.24, 2.45) is 0 Å². The first-order valence-corrected chi connectivity index (χ1v) is 7.68. The van der Waals surface area contributed by atoms with Gasteiger partial charge in [-0.2, -0.15) is 5.26 Å². The molecule has 1 aromatic carbocycles. The maximum Gasteiger partial charge on any atom is 0.241 e. The van der Waals surface area contributed by atoms with E-state index in [9.17, 15) is 12.8 Å². The predicted octanol–water partition coefficient (Wildman–Crippen LogP) is 1.79. The van der Waals surface area contributed by atoms with E-state index in [0.29, 0.717) is 13.0 Å². The van der Waals surface area contributed by atoms with Crippen molar-refractivity contribution in [3.8, 4) is 6.07 Å². The van der Waals surface area contributed by atoms with Crippen molar-refractivity contribution in [2.75, 3.05) is 20.3 Å². The topological polar surface area (TPSA) is 79.2 Å². The number of nitrogens with zero attached hydrogens (tertiary/aromatic N) is 1. The number of sulfonamides is 1. The molecule has 5 nitrogen and oxygen atoms in total. The maximum absolute atomic E-state index is 13.4. The zero-order valence-electron chi connectivity index (χ0n) is 11.2. The van der Waals surface area contributed by atoms with Crippen LogP contribution in [0.3, 0.4) is 0 Å². The van der Waals surface area contributed by atoms with Gasteiger partial charge in [0.05, 0.1) is 0 Å². The van der Waals surface area contributed by atoms with E-state index < -0.39 is 21.4 Å². The summed E-state index contributed by atoms with van der Waals surface area (Å²) in [6, 6.07) is 5.12. The Balaban J connectivity index is 2.66. The highest BCUT2D eigenvalue weighted by Gasteiger charge is 2.20. The molecule has 0 aliphatic carbocycles. The van der Waals surface area contributed by atoms with Crippen molar-refractivity contribution in [1.29, 1.82) is 5.26 Å². The molecule has 1 aromatic rings. The van der Waals surface area contributed by atoms with Crippen LogP contribution in [0.4, 0.5) is 4.39 Å². The molecule has 0 saturated carbocycles. The summed E-state index contributed by atoms with van der Waals surface area (Å²) < 4.78 is 44.6. The fourth-order valence-corrected chi connectivity index (χ4v) is 2.91. The van der Waals surface area contributed by atoms with Crippen molar-refractivity contribution in [1.82, 2.24) is 4.72 Å².